The Balaban J connectivity index is 1.29. The number of ether oxygens (including phenoxy) is 1. The first kappa shape index (κ1) is 19.4. The molecule has 0 aliphatic carbocycles. The lowest BCUT2D eigenvalue weighted by Crippen LogP contribution is -2.41. The number of hydrogen-bond acceptors (Lipinski definition) is 5. The van der Waals surface area contributed by atoms with Gasteiger partial charge < -0.3 is 9.64 Å². The fourth-order valence-electron chi connectivity index (χ4n) is 3.50. The summed E-state index contributed by atoms with van der Waals surface area (Å²) in [6.07, 6.45) is 2.37. The van der Waals surface area contributed by atoms with Gasteiger partial charge in [-0.25, -0.2) is 18.9 Å². The molecule has 0 radical (unpaired) electrons. The zero-order chi connectivity index (χ0) is 20.2. The van der Waals surface area contributed by atoms with E-state index in [1.807, 2.05) is 17.5 Å². The van der Waals surface area contributed by atoms with Crippen LogP contribution in [0, 0.1) is 11.7 Å². The summed E-state index contributed by atoms with van der Waals surface area (Å²) < 4.78 is 20.0. The molecule has 4 rings (SSSR count). The molecule has 1 aliphatic rings. The molecular formula is C20H21FN4O3S. The smallest absolute Gasteiger partial charge is 0.348 e. The van der Waals surface area contributed by atoms with Crippen LogP contribution in [-0.2, 0) is 11.2 Å². The predicted molar refractivity (Wildman–Crippen MR) is 107 cm³/mol. The number of benzene rings is 1. The third-order valence-corrected chi connectivity index (χ3v) is 5.94. The molecule has 1 aliphatic heterocycles. The fraction of sp³-hybridized carbons (Fsp3) is 0.350. The average molecular weight is 416 g/mol. The minimum absolute atomic E-state index is 0.0619. The minimum atomic E-state index is -0.341. The van der Waals surface area contributed by atoms with Crippen LogP contribution < -0.4 is 10.4 Å². The van der Waals surface area contributed by atoms with E-state index in [2.05, 4.69) is 10.2 Å². The van der Waals surface area contributed by atoms with Crippen molar-refractivity contribution < 1.29 is 13.9 Å². The number of likely N-dealkylation sites (tertiary alicyclic amines) is 1. The van der Waals surface area contributed by atoms with Crippen molar-refractivity contribution in [2.24, 2.45) is 5.92 Å². The molecule has 9 heteroatoms. The van der Waals surface area contributed by atoms with E-state index in [0.29, 0.717) is 31.2 Å². The van der Waals surface area contributed by atoms with Crippen LogP contribution in [0.2, 0.25) is 0 Å². The Kier molecular flexibility index (Phi) is 5.75. The maximum absolute atomic E-state index is 12.9. The van der Waals surface area contributed by atoms with Gasteiger partial charge in [-0.3, -0.25) is 4.79 Å². The largest absolute Gasteiger partial charge is 0.484 e. The van der Waals surface area contributed by atoms with E-state index in [9.17, 15) is 14.0 Å². The van der Waals surface area contributed by atoms with Gasteiger partial charge in [-0.1, -0.05) is 0 Å². The molecule has 0 spiro atoms. The number of thiophene rings is 1. The average Bonchev–Trinajstić information content (AvgIpc) is 3.37. The lowest BCUT2D eigenvalue weighted by Gasteiger charge is -2.31. The van der Waals surface area contributed by atoms with Crippen LogP contribution in [0.5, 0.6) is 5.75 Å². The monoisotopic (exact) mass is 416 g/mol. The Bertz CT molecular complexity index is 1010. The van der Waals surface area contributed by atoms with Gasteiger partial charge in [0.15, 0.2) is 6.61 Å². The number of carbonyl (C=O) groups is 1. The summed E-state index contributed by atoms with van der Waals surface area (Å²) in [5, 5.41) is 9.51. The first-order chi connectivity index (χ1) is 14.1. The highest BCUT2D eigenvalue weighted by Gasteiger charge is 2.25. The molecule has 7 nitrogen and oxygen atoms in total. The van der Waals surface area contributed by atoms with Crippen LogP contribution in [0.15, 0.2) is 46.6 Å². The number of nitrogens with one attached hydrogen (secondary N) is 1. The molecule has 0 bridgehead atoms. The number of hydrogen-bond donors (Lipinski definition) is 1. The number of nitrogens with zero attached hydrogens (tertiary/aromatic N) is 3. The van der Waals surface area contributed by atoms with Gasteiger partial charge in [-0.05, 0) is 60.5 Å². The number of rotatable bonds is 6. The van der Waals surface area contributed by atoms with E-state index in [4.69, 9.17) is 4.74 Å². The Labute approximate surface area is 170 Å². The quantitative estimate of drug-likeness (QED) is 0.670. The van der Waals surface area contributed by atoms with Gasteiger partial charge in [-0.15, -0.1) is 11.3 Å². The molecule has 1 N–H and O–H groups in total. The minimum Gasteiger partial charge on any atom is -0.484 e. The van der Waals surface area contributed by atoms with Crippen LogP contribution >= 0.6 is 11.3 Å². The molecule has 0 atom stereocenters. The third kappa shape index (κ3) is 4.56. The van der Waals surface area contributed by atoms with Crippen molar-refractivity contribution in [3.05, 3.63) is 63.9 Å². The van der Waals surface area contributed by atoms with E-state index in [1.165, 1.54) is 35.6 Å². The van der Waals surface area contributed by atoms with Crippen LogP contribution in [-0.4, -0.2) is 45.3 Å². The Hall–Kier alpha value is -2.94. The molecule has 0 saturated carbocycles. The van der Waals surface area contributed by atoms with Gasteiger partial charge in [0.25, 0.3) is 5.91 Å². The maximum Gasteiger partial charge on any atom is 0.348 e. The first-order valence-corrected chi connectivity index (χ1v) is 10.3. The van der Waals surface area contributed by atoms with Crippen molar-refractivity contribution in [1.29, 1.82) is 0 Å². The van der Waals surface area contributed by atoms with E-state index < -0.39 is 0 Å². The molecule has 1 saturated heterocycles. The van der Waals surface area contributed by atoms with Crippen molar-refractivity contribution in [3.8, 4) is 10.8 Å². The zero-order valence-electron chi connectivity index (χ0n) is 15.7. The van der Waals surface area contributed by atoms with E-state index in [1.54, 1.807) is 9.47 Å². The summed E-state index contributed by atoms with van der Waals surface area (Å²) in [7, 11) is 0. The van der Waals surface area contributed by atoms with Crippen LogP contribution in [0.25, 0.3) is 5.00 Å². The number of H-pyrrole nitrogens is 1. The molecule has 29 heavy (non-hydrogen) atoms. The molecule has 3 heterocycles. The van der Waals surface area contributed by atoms with E-state index in [-0.39, 0.29) is 24.0 Å². The van der Waals surface area contributed by atoms with Crippen LogP contribution in [0.3, 0.4) is 0 Å². The molecule has 0 unspecified atom stereocenters. The van der Waals surface area contributed by atoms with E-state index in [0.717, 1.165) is 23.7 Å². The summed E-state index contributed by atoms with van der Waals surface area (Å²) in [4.78, 5) is 26.3. The van der Waals surface area contributed by atoms with Gasteiger partial charge >= 0.3 is 5.69 Å². The SMILES string of the molecule is O=C(COc1ccc(F)cc1)N1CCC(Cc2n[nH]c(=O)n2-c2cccs2)CC1. The summed E-state index contributed by atoms with van der Waals surface area (Å²) in [5.74, 6) is 1.13. The maximum atomic E-state index is 12.9. The third-order valence-electron chi connectivity index (χ3n) is 5.08. The number of piperidine rings is 1. The fourth-order valence-corrected chi connectivity index (χ4v) is 4.25. The van der Waals surface area contributed by atoms with E-state index >= 15 is 0 Å². The standard InChI is InChI=1S/C20H21FN4O3S/c21-15-3-5-16(6-4-15)28-13-18(26)24-9-7-14(8-10-24)12-17-22-23-20(27)25(17)19-2-1-11-29-19/h1-6,11,14H,7-10,12-13H2,(H,23,27). The second-order valence-electron chi connectivity index (χ2n) is 7.00. The summed E-state index contributed by atoms with van der Waals surface area (Å²) in [6.45, 7) is 1.22. The zero-order valence-corrected chi connectivity index (χ0v) is 16.5. The van der Waals surface area contributed by atoms with Gasteiger partial charge in [0, 0.05) is 19.5 Å². The van der Waals surface area contributed by atoms with Gasteiger partial charge in [0.2, 0.25) is 0 Å². The summed E-state index contributed by atoms with van der Waals surface area (Å²) in [5.41, 5.74) is -0.229. The number of halogens is 1. The molecular weight excluding hydrogens is 395 g/mol. The predicted octanol–water partition coefficient (Wildman–Crippen LogP) is 2.62. The Morgan fingerprint density at radius 1 is 1.24 bits per heavy atom. The van der Waals surface area contributed by atoms with Gasteiger partial charge in [0.1, 0.15) is 22.4 Å². The summed E-state index contributed by atoms with van der Waals surface area (Å²) in [6, 6.07) is 9.42. The lowest BCUT2D eigenvalue weighted by molar-refractivity contribution is -0.134. The highest BCUT2D eigenvalue weighted by atomic mass is 32.1. The normalized spacial score (nSPS) is 14.9. The number of amides is 1. The number of aromatic nitrogens is 3. The van der Waals surface area contributed by atoms with Gasteiger partial charge in [-0.2, -0.15) is 5.10 Å². The van der Waals surface area contributed by atoms with Crippen molar-refractivity contribution in [1.82, 2.24) is 19.7 Å². The number of aromatic amines is 1. The molecule has 1 fully saturated rings. The van der Waals surface area contributed by atoms with Gasteiger partial charge in [0.05, 0.1) is 0 Å². The molecule has 1 aromatic carbocycles. The summed E-state index contributed by atoms with van der Waals surface area (Å²) >= 11 is 1.50. The highest BCUT2D eigenvalue weighted by molar-refractivity contribution is 7.12. The Morgan fingerprint density at radius 2 is 2.00 bits per heavy atom. The van der Waals surface area contributed by atoms with Crippen LogP contribution in [0.4, 0.5) is 4.39 Å². The van der Waals surface area contributed by atoms with Crippen molar-refractivity contribution in [2.75, 3.05) is 19.7 Å². The highest BCUT2D eigenvalue weighted by Crippen LogP contribution is 2.23. The number of carbonyl (C=O) groups excluding carboxylic acids is 1. The Morgan fingerprint density at radius 3 is 2.69 bits per heavy atom. The second kappa shape index (κ2) is 8.60. The molecule has 3 aromatic rings. The van der Waals surface area contributed by atoms with Crippen molar-refractivity contribution in [2.45, 2.75) is 19.3 Å². The molecule has 2 aromatic heterocycles. The van der Waals surface area contributed by atoms with Crippen molar-refractivity contribution in [3.63, 3.8) is 0 Å². The topological polar surface area (TPSA) is 80.2 Å². The van der Waals surface area contributed by atoms with Crippen LogP contribution in [0.1, 0.15) is 18.7 Å². The van der Waals surface area contributed by atoms with Crippen molar-refractivity contribution >= 4 is 17.2 Å². The first-order valence-electron chi connectivity index (χ1n) is 9.46. The molecule has 1 amide bonds. The second-order valence-corrected chi connectivity index (χ2v) is 7.93. The lowest BCUT2D eigenvalue weighted by atomic mass is 9.93. The molecule has 152 valence electrons.